The summed E-state index contributed by atoms with van der Waals surface area (Å²) in [5.74, 6) is 0.683. The number of ether oxygens (including phenoxy) is 1. The molecule has 2 aliphatic heterocycles. The molecule has 0 saturated carbocycles. The van der Waals surface area contributed by atoms with Gasteiger partial charge in [-0.2, -0.15) is 0 Å². The van der Waals surface area contributed by atoms with Crippen molar-refractivity contribution in [1.82, 2.24) is 10.2 Å². The van der Waals surface area contributed by atoms with Crippen LogP contribution in [0.25, 0.3) is 0 Å². The summed E-state index contributed by atoms with van der Waals surface area (Å²) in [6, 6.07) is 7.04. The fraction of sp³-hybridized carbons (Fsp3) is 0.625. The van der Waals surface area contributed by atoms with Crippen molar-refractivity contribution in [3.63, 3.8) is 0 Å². The Morgan fingerprint density at radius 2 is 1.74 bits per heavy atom. The Hall–Kier alpha value is 0.640. The Balaban J connectivity index is 0.00000132. The average Bonchev–Trinajstić information content (AvgIpc) is 2.53. The highest BCUT2D eigenvalue weighted by Crippen LogP contribution is 2.39. The van der Waals surface area contributed by atoms with Crippen LogP contribution in [0.2, 0.25) is 0 Å². The Labute approximate surface area is 168 Å². The molecule has 132 valence electrons. The van der Waals surface area contributed by atoms with Crippen molar-refractivity contribution in [2.24, 2.45) is 5.92 Å². The van der Waals surface area contributed by atoms with Gasteiger partial charge in [0.15, 0.2) is 0 Å². The van der Waals surface area contributed by atoms with Crippen molar-refractivity contribution in [1.29, 1.82) is 0 Å². The third-order valence-electron chi connectivity index (χ3n) is 4.53. The first-order chi connectivity index (χ1) is 10.3. The van der Waals surface area contributed by atoms with Crippen molar-refractivity contribution in [2.45, 2.75) is 18.9 Å². The van der Waals surface area contributed by atoms with E-state index in [1.165, 1.54) is 10.0 Å². The third-order valence-corrected chi connectivity index (χ3v) is 5.75. The van der Waals surface area contributed by atoms with E-state index in [9.17, 15) is 0 Å². The lowest BCUT2D eigenvalue weighted by Crippen LogP contribution is -2.47. The maximum absolute atomic E-state index is 5.58. The minimum Gasteiger partial charge on any atom is -0.381 e. The van der Waals surface area contributed by atoms with Gasteiger partial charge in [0.05, 0.1) is 0 Å². The van der Waals surface area contributed by atoms with Crippen LogP contribution < -0.4 is 5.32 Å². The highest BCUT2D eigenvalue weighted by molar-refractivity contribution is 9.11. The summed E-state index contributed by atoms with van der Waals surface area (Å²) in [6.45, 7) is 6.23. The third kappa shape index (κ3) is 5.56. The quantitative estimate of drug-likeness (QED) is 0.678. The van der Waals surface area contributed by atoms with Gasteiger partial charge in [-0.15, -0.1) is 24.8 Å². The first-order valence-electron chi connectivity index (χ1n) is 7.73. The summed E-state index contributed by atoms with van der Waals surface area (Å²) in [5, 5.41) is 3.46. The monoisotopic (exact) mass is 488 g/mol. The molecule has 3 rings (SSSR count). The van der Waals surface area contributed by atoms with E-state index in [1.807, 2.05) is 0 Å². The SMILES string of the molecule is Brc1ccc(Br)c([C@H](C2CCOCC2)N2CCNCC2)c1.Cl.Cl. The predicted molar refractivity (Wildman–Crippen MR) is 107 cm³/mol. The summed E-state index contributed by atoms with van der Waals surface area (Å²) in [6.07, 6.45) is 2.32. The maximum Gasteiger partial charge on any atom is 0.0469 e. The van der Waals surface area contributed by atoms with E-state index in [4.69, 9.17) is 4.74 Å². The Kier molecular flexibility index (Phi) is 9.98. The van der Waals surface area contributed by atoms with Crippen LogP contribution in [0, 0.1) is 5.92 Å². The molecule has 0 aromatic heterocycles. The van der Waals surface area contributed by atoms with Crippen LogP contribution in [-0.2, 0) is 4.74 Å². The van der Waals surface area contributed by atoms with Crippen molar-refractivity contribution >= 4 is 56.7 Å². The predicted octanol–water partition coefficient (Wildman–Crippen LogP) is 4.43. The smallest absolute Gasteiger partial charge is 0.0469 e. The molecule has 0 spiro atoms. The molecule has 3 nitrogen and oxygen atoms in total. The van der Waals surface area contributed by atoms with Gasteiger partial charge in [0.25, 0.3) is 0 Å². The topological polar surface area (TPSA) is 24.5 Å². The molecule has 1 N–H and O–H groups in total. The number of halogens is 4. The van der Waals surface area contributed by atoms with E-state index in [2.05, 4.69) is 60.3 Å². The molecular formula is C16H24Br2Cl2N2O. The van der Waals surface area contributed by atoms with Crippen LogP contribution in [0.1, 0.15) is 24.4 Å². The molecule has 1 atom stereocenters. The summed E-state index contributed by atoms with van der Waals surface area (Å²) in [7, 11) is 0. The molecule has 0 aliphatic carbocycles. The van der Waals surface area contributed by atoms with Gasteiger partial charge in [0.2, 0.25) is 0 Å². The molecular weight excluding hydrogens is 467 g/mol. The molecule has 2 heterocycles. The molecule has 0 amide bonds. The van der Waals surface area contributed by atoms with Crippen molar-refractivity contribution < 1.29 is 4.74 Å². The number of hydrogen-bond donors (Lipinski definition) is 1. The van der Waals surface area contributed by atoms with Gasteiger partial charge in [0, 0.05) is 54.4 Å². The van der Waals surface area contributed by atoms with Crippen LogP contribution >= 0.6 is 56.7 Å². The second-order valence-electron chi connectivity index (χ2n) is 5.85. The molecule has 7 heteroatoms. The number of rotatable bonds is 3. The Morgan fingerprint density at radius 3 is 2.39 bits per heavy atom. The van der Waals surface area contributed by atoms with E-state index in [0.29, 0.717) is 12.0 Å². The van der Waals surface area contributed by atoms with Crippen LogP contribution in [0.4, 0.5) is 0 Å². The van der Waals surface area contributed by atoms with Gasteiger partial charge >= 0.3 is 0 Å². The minimum absolute atomic E-state index is 0. The van der Waals surface area contributed by atoms with Crippen LogP contribution in [0.5, 0.6) is 0 Å². The summed E-state index contributed by atoms with van der Waals surface area (Å²) < 4.78 is 7.96. The molecule has 2 fully saturated rings. The van der Waals surface area contributed by atoms with Gasteiger partial charge in [-0.1, -0.05) is 31.9 Å². The molecule has 0 unspecified atom stereocenters. The van der Waals surface area contributed by atoms with E-state index >= 15 is 0 Å². The molecule has 23 heavy (non-hydrogen) atoms. The number of hydrogen-bond acceptors (Lipinski definition) is 3. The fourth-order valence-corrected chi connectivity index (χ4v) is 4.34. The van der Waals surface area contributed by atoms with E-state index in [0.717, 1.165) is 56.7 Å². The van der Waals surface area contributed by atoms with E-state index in [1.54, 1.807) is 0 Å². The Bertz CT molecular complexity index is 463. The average molecular weight is 491 g/mol. The standard InChI is InChI=1S/C16H22Br2N2O.2ClH/c17-13-1-2-15(18)14(11-13)16(12-3-9-21-10-4-12)20-7-5-19-6-8-20;;/h1-2,11-12,16,19H,3-10H2;2*1H/t16-;;/m0../s1. The lowest BCUT2D eigenvalue weighted by Gasteiger charge is -2.41. The summed E-state index contributed by atoms with van der Waals surface area (Å²) in [4.78, 5) is 2.65. The molecule has 1 aromatic rings. The second kappa shape index (κ2) is 10.6. The molecule has 0 bridgehead atoms. The normalized spacial score (nSPS) is 21.1. The van der Waals surface area contributed by atoms with Gasteiger partial charge < -0.3 is 10.1 Å². The highest BCUT2D eigenvalue weighted by Gasteiger charge is 2.32. The highest BCUT2D eigenvalue weighted by atomic mass is 79.9. The van der Waals surface area contributed by atoms with Gasteiger partial charge in [-0.05, 0) is 42.5 Å². The molecule has 2 aliphatic rings. The van der Waals surface area contributed by atoms with E-state index in [-0.39, 0.29) is 24.8 Å². The maximum atomic E-state index is 5.58. The van der Waals surface area contributed by atoms with Crippen LogP contribution in [0.15, 0.2) is 27.1 Å². The number of nitrogens with zero attached hydrogens (tertiary/aromatic N) is 1. The minimum atomic E-state index is 0. The number of nitrogens with one attached hydrogen (secondary N) is 1. The zero-order chi connectivity index (χ0) is 14.7. The number of piperazine rings is 1. The van der Waals surface area contributed by atoms with Crippen LogP contribution in [0.3, 0.4) is 0 Å². The van der Waals surface area contributed by atoms with Crippen LogP contribution in [-0.4, -0.2) is 44.3 Å². The van der Waals surface area contributed by atoms with Gasteiger partial charge in [-0.25, -0.2) is 0 Å². The van der Waals surface area contributed by atoms with Crippen molar-refractivity contribution in [2.75, 3.05) is 39.4 Å². The van der Waals surface area contributed by atoms with Crippen molar-refractivity contribution in [3.8, 4) is 0 Å². The first-order valence-corrected chi connectivity index (χ1v) is 9.32. The fourth-order valence-electron chi connectivity index (χ4n) is 3.48. The Morgan fingerprint density at radius 1 is 1.09 bits per heavy atom. The zero-order valence-electron chi connectivity index (χ0n) is 13.0. The van der Waals surface area contributed by atoms with Crippen molar-refractivity contribution in [3.05, 3.63) is 32.7 Å². The van der Waals surface area contributed by atoms with E-state index < -0.39 is 0 Å². The zero-order valence-corrected chi connectivity index (χ0v) is 17.8. The molecule has 0 radical (unpaired) electrons. The van der Waals surface area contributed by atoms with Gasteiger partial charge in [0.1, 0.15) is 0 Å². The first kappa shape index (κ1) is 21.7. The van der Waals surface area contributed by atoms with Gasteiger partial charge in [-0.3, -0.25) is 4.90 Å². The molecule has 1 aromatic carbocycles. The lowest BCUT2D eigenvalue weighted by atomic mass is 9.85. The summed E-state index contributed by atoms with van der Waals surface area (Å²) >= 11 is 7.41. The largest absolute Gasteiger partial charge is 0.381 e. The molecule has 2 saturated heterocycles. The number of benzene rings is 1. The second-order valence-corrected chi connectivity index (χ2v) is 7.62. The summed E-state index contributed by atoms with van der Waals surface area (Å²) in [5.41, 5.74) is 1.41. The lowest BCUT2D eigenvalue weighted by molar-refractivity contribution is 0.0211.